The van der Waals surface area contributed by atoms with Crippen molar-refractivity contribution in [3.05, 3.63) is 17.5 Å². The second-order valence-electron chi connectivity index (χ2n) is 4.31. The zero-order valence-electron chi connectivity index (χ0n) is 9.94. The second-order valence-corrected chi connectivity index (χ2v) is 4.31. The van der Waals surface area contributed by atoms with Gasteiger partial charge in [0.2, 0.25) is 0 Å². The minimum Gasteiger partial charge on any atom is -0.381 e. The predicted octanol–water partition coefficient (Wildman–Crippen LogP) is 0.523. The lowest BCUT2D eigenvalue weighted by Gasteiger charge is -2.21. The average molecular weight is 224 g/mol. The molecule has 2 atom stereocenters. The first-order valence-corrected chi connectivity index (χ1v) is 5.83. The van der Waals surface area contributed by atoms with Crippen molar-refractivity contribution in [3.8, 4) is 0 Å². The number of nitrogens with one attached hydrogen (secondary N) is 1. The third-order valence-corrected chi connectivity index (χ3v) is 3.26. The number of hydrazine groups is 1. The fourth-order valence-electron chi connectivity index (χ4n) is 2.29. The molecule has 0 amide bonds. The molecule has 0 spiro atoms. The Labute approximate surface area is 95.9 Å². The molecule has 0 bridgehead atoms. The highest BCUT2D eigenvalue weighted by Gasteiger charge is 2.28. The fraction of sp³-hybridized carbons (Fsp3) is 0.727. The normalized spacial score (nSPS) is 22.6. The molecule has 3 N–H and O–H groups in total. The highest BCUT2D eigenvalue weighted by molar-refractivity contribution is 5.15. The minimum absolute atomic E-state index is 0.139. The molecule has 2 rings (SSSR count). The van der Waals surface area contributed by atoms with Gasteiger partial charge in [0.05, 0.1) is 24.0 Å². The maximum atomic E-state index is 5.66. The molecule has 16 heavy (non-hydrogen) atoms. The van der Waals surface area contributed by atoms with Gasteiger partial charge in [0, 0.05) is 19.6 Å². The van der Waals surface area contributed by atoms with Crippen molar-refractivity contribution in [3.63, 3.8) is 0 Å². The third-order valence-electron chi connectivity index (χ3n) is 3.26. The van der Waals surface area contributed by atoms with E-state index in [0.717, 1.165) is 37.4 Å². The molecule has 2 heterocycles. The molecule has 90 valence electrons. The Morgan fingerprint density at radius 3 is 3.06 bits per heavy atom. The summed E-state index contributed by atoms with van der Waals surface area (Å²) in [6, 6.07) is 2.27. The summed E-state index contributed by atoms with van der Waals surface area (Å²) in [7, 11) is 1.97. The number of hydrogen-bond donors (Lipinski definition) is 2. The summed E-state index contributed by atoms with van der Waals surface area (Å²) in [6.07, 6.45) is 2.01. The van der Waals surface area contributed by atoms with E-state index in [4.69, 9.17) is 10.6 Å². The van der Waals surface area contributed by atoms with Gasteiger partial charge >= 0.3 is 0 Å². The van der Waals surface area contributed by atoms with Crippen LogP contribution in [0, 0.1) is 5.92 Å². The van der Waals surface area contributed by atoms with Crippen LogP contribution in [0.4, 0.5) is 0 Å². The van der Waals surface area contributed by atoms with Gasteiger partial charge in [-0.3, -0.25) is 16.0 Å². The van der Waals surface area contributed by atoms with Gasteiger partial charge in [-0.2, -0.15) is 5.10 Å². The SMILES string of the molecule is CCc1cc(C(NN)C2CCOC2)n(C)n1. The van der Waals surface area contributed by atoms with Crippen LogP contribution in [0.1, 0.15) is 30.8 Å². The number of nitrogens with zero attached hydrogens (tertiary/aromatic N) is 2. The summed E-state index contributed by atoms with van der Waals surface area (Å²) in [4.78, 5) is 0. The van der Waals surface area contributed by atoms with Crippen LogP contribution in [-0.2, 0) is 18.2 Å². The van der Waals surface area contributed by atoms with Gasteiger partial charge < -0.3 is 4.74 Å². The molecule has 5 nitrogen and oxygen atoms in total. The summed E-state index contributed by atoms with van der Waals surface area (Å²) in [6.45, 7) is 3.72. The molecule has 1 aliphatic heterocycles. The Morgan fingerprint density at radius 2 is 2.56 bits per heavy atom. The topological polar surface area (TPSA) is 65.1 Å². The van der Waals surface area contributed by atoms with Crippen LogP contribution in [0.2, 0.25) is 0 Å². The van der Waals surface area contributed by atoms with Crippen molar-refractivity contribution in [2.75, 3.05) is 13.2 Å². The van der Waals surface area contributed by atoms with Crippen LogP contribution in [0.25, 0.3) is 0 Å². The van der Waals surface area contributed by atoms with Crippen LogP contribution < -0.4 is 11.3 Å². The largest absolute Gasteiger partial charge is 0.381 e. The first-order valence-electron chi connectivity index (χ1n) is 5.83. The molecule has 0 radical (unpaired) electrons. The molecule has 5 heteroatoms. The molecular formula is C11H20N4O. The lowest BCUT2D eigenvalue weighted by Crippen LogP contribution is -2.35. The van der Waals surface area contributed by atoms with Gasteiger partial charge in [-0.05, 0) is 18.9 Å². The maximum Gasteiger partial charge on any atom is 0.0679 e. The maximum absolute atomic E-state index is 5.66. The van der Waals surface area contributed by atoms with Gasteiger partial charge in [0.1, 0.15) is 0 Å². The minimum atomic E-state index is 0.139. The van der Waals surface area contributed by atoms with Crippen LogP contribution in [0.3, 0.4) is 0 Å². The Hall–Kier alpha value is -0.910. The average Bonchev–Trinajstić information content (AvgIpc) is 2.91. The summed E-state index contributed by atoms with van der Waals surface area (Å²) < 4.78 is 7.33. The van der Waals surface area contributed by atoms with Crippen molar-refractivity contribution in [1.29, 1.82) is 0 Å². The molecule has 2 unspecified atom stereocenters. The number of nitrogens with two attached hydrogens (primary N) is 1. The van der Waals surface area contributed by atoms with Crippen molar-refractivity contribution in [1.82, 2.24) is 15.2 Å². The van der Waals surface area contributed by atoms with Crippen molar-refractivity contribution in [2.45, 2.75) is 25.8 Å². The molecular weight excluding hydrogens is 204 g/mol. The second kappa shape index (κ2) is 4.95. The van der Waals surface area contributed by atoms with Crippen LogP contribution >= 0.6 is 0 Å². The van der Waals surface area contributed by atoms with E-state index in [1.807, 2.05) is 11.7 Å². The van der Waals surface area contributed by atoms with Crippen molar-refractivity contribution < 1.29 is 4.74 Å². The Balaban J connectivity index is 2.21. The van der Waals surface area contributed by atoms with Gasteiger partial charge in [0.15, 0.2) is 0 Å². The smallest absolute Gasteiger partial charge is 0.0679 e. The van der Waals surface area contributed by atoms with E-state index in [0.29, 0.717) is 5.92 Å². The van der Waals surface area contributed by atoms with Crippen molar-refractivity contribution in [2.24, 2.45) is 18.8 Å². The molecule has 0 aliphatic carbocycles. The van der Waals surface area contributed by atoms with E-state index in [-0.39, 0.29) is 6.04 Å². The zero-order chi connectivity index (χ0) is 11.5. The van der Waals surface area contributed by atoms with E-state index in [9.17, 15) is 0 Å². The van der Waals surface area contributed by atoms with E-state index in [2.05, 4.69) is 23.5 Å². The summed E-state index contributed by atoms with van der Waals surface area (Å²) in [5.74, 6) is 6.11. The molecule has 0 saturated carbocycles. The summed E-state index contributed by atoms with van der Waals surface area (Å²) in [5, 5.41) is 4.45. The molecule has 0 aromatic carbocycles. The van der Waals surface area contributed by atoms with Gasteiger partial charge in [-0.25, -0.2) is 0 Å². The van der Waals surface area contributed by atoms with Crippen LogP contribution in [-0.4, -0.2) is 23.0 Å². The van der Waals surface area contributed by atoms with Gasteiger partial charge in [0.25, 0.3) is 0 Å². The standard InChI is InChI=1S/C11H20N4O/c1-3-9-6-10(15(2)14-9)11(13-12)8-4-5-16-7-8/h6,8,11,13H,3-5,7,12H2,1-2H3. The summed E-state index contributed by atoms with van der Waals surface area (Å²) in [5.41, 5.74) is 5.15. The van der Waals surface area contributed by atoms with Crippen molar-refractivity contribution >= 4 is 0 Å². The summed E-state index contributed by atoms with van der Waals surface area (Å²) >= 11 is 0. The number of aryl methyl sites for hydroxylation is 2. The lowest BCUT2D eigenvalue weighted by atomic mass is 9.96. The van der Waals surface area contributed by atoms with E-state index in [1.165, 1.54) is 0 Å². The quantitative estimate of drug-likeness (QED) is 0.578. The fourth-order valence-corrected chi connectivity index (χ4v) is 2.29. The predicted molar refractivity (Wildman–Crippen MR) is 61.6 cm³/mol. The number of hydrogen-bond acceptors (Lipinski definition) is 4. The Kier molecular flexibility index (Phi) is 3.58. The van der Waals surface area contributed by atoms with Crippen LogP contribution in [0.5, 0.6) is 0 Å². The monoisotopic (exact) mass is 224 g/mol. The van der Waals surface area contributed by atoms with E-state index in [1.54, 1.807) is 0 Å². The number of aromatic nitrogens is 2. The molecule has 1 aromatic rings. The Morgan fingerprint density at radius 1 is 1.75 bits per heavy atom. The first kappa shape index (κ1) is 11.6. The van der Waals surface area contributed by atoms with E-state index < -0.39 is 0 Å². The number of ether oxygens (including phenoxy) is 1. The molecule has 1 aliphatic rings. The molecule has 1 aromatic heterocycles. The number of rotatable bonds is 4. The van der Waals surface area contributed by atoms with Gasteiger partial charge in [-0.1, -0.05) is 6.92 Å². The third kappa shape index (κ3) is 2.11. The van der Waals surface area contributed by atoms with E-state index >= 15 is 0 Å². The van der Waals surface area contributed by atoms with Gasteiger partial charge in [-0.15, -0.1) is 0 Å². The first-order chi connectivity index (χ1) is 7.76. The molecule has 1 fully saturated rings. The molecule has 1 saturated heterocycles. The lowest BCUT2D eigenvalue weighted by molar-refractivity contribution is 0.175. The highest BCUT2D eigenvalue weighted by atomic mass is 16.5. The van der Waals surface area contributed by atoms with Crippen LogP contribution in [0.15, 0.2) is 6.07 Å². The zero-order valence-corrected chi connectivity index (χ0v) is 9.94. The Bertz CT molecular complexity index is 344. The highest BCUT2D eigenvalue weighted by Crippen LogP contribution is 2.28.